The van der Waals surface area contributed by atoms with Crippen LogP contribution in [0.5, 0.6) is 0 Å². The molecule has 1 atom stereocenters. The predicted octanol–water partition coefficient (Wildman–Crippen LogP) is 8.70. The Morgan fingerprint density at radius 2 is 2.05 bits per heavy atom. The van der Waals surface area contributed by atoms with Crippen LogP contribution in [0.2, 0.25) is 0 Å². The van der Waals surface area contributed by atoms with Crippen LogP contribution < -0.4 is 5.32 Å². The van der Waals surface area contributed by atoms with Gasteiger partial charge in [-0.15, -0.1) is 11.3 Å². The topological polar surface area (TPSA) is 65.8 Å². The maximum absolute atomic E-state index is 13.8. The van der Waals surface area contributed by atoms with E-state index in [0.29, 0.717) is 22.0 Å². The first-order valence-corrected chi connectivity index (χ1v) is 14.3. The first kappa shape index (κ1) is 25.6. The molecule has 4 nitrogen and oxygen atoms in total. The number of nitrogens with zero attached hydrogens (tertiary/aromatic N) is 2. The molecule has 0 radical (unpaired) electrons. The van der Waals surface area contributed by atoms with Crippen LogP contribution in [0.15, 0.2) is 53.0 Å². The number of pyridine rings is 1. The summed E-state index contributed by atoms with van der Waals surface area (Å²) in [6.45, 7) is 8.97. The first-order valence-electron chi connectivity index (χ1n) is 12.7. The van der Waals surface area contributed by atoms with E-state index in [-0.39, 0.29) is 11.3 Å². The number of benzene rings is 2. The van der Waals surface area contributed by atoms with Gasteiger partial charge in [-0.05, 0) is 73.4 Å². The number of nitriles is 1. The van der Waals surface area contributed by atoms with Crippen LogP contribution in [-0.2, 0) is 12.8 Å². The fourth-order valence-corrected chi connectivity index (χ4v) is 6.89. The highest BCUT2D eigenvalue weighted by molar-refractivity contribution is 9.10. The van der Waals surface area contributed by atoms with Crippen molar-refractivity contribution < 1.29 is 4.79 Å². The smallest absolute Gasteiger partial charge is 0.257 e. The third kappa shape index (κ3) is 4.95. The number of carbonyl (C=O) groups is 1. The molecule has 1 aliphatic rings. The number of nitrogens with one attached hydrogen (secondary N) is 1. The van der Waals surface area contributed by atoms with Crippen LogP contribution in [0.4, 0.5) is 5.00 Å². The number of aromatic nitrogens is 1. The van der Waals surface area contributed by atoms with E-state index in [1.165, 1.54) is 4.88 Å². The number of thiophene rings is 1. The van der Waals surface area contributed by atoms with E-state index < -0.39 is 0 Å². The Morgan fingerprint density at radius 1 is 1.24 bits per heavy atom. The molecule has 188 valence electrons. The van der Waals surface area contributed by atoms with Crippen LogP contribution in [-0.4, -0.2) is 10.9 Å². The zero-order valence-electron chi connectivity index (χ0n) is 21.6. The van der Waals surface area contributed by atoms with Crippen molar-refractivity contribution in [1.29, 1.82) is 5.26 Å². The van der Waals surface area contributed by atoms with Crippen molar-refractivity contribution in [3.63, 3.8) is 0 Å². The number of hydrogen-bond donors (Lipinski definition) is 1. The van der Waals surface area contributed by atoms with Crippen LogP contribution in [0.25, 0.3) is 22.2 Å². The summed E-state index contributed by atoms with van der Waals surface area (Å²) in [6, 6.07) is 18.2. The lowest BCUT2D eigenvalue weighted by molar-refractivity contribution is 0.102. The minimum atomic E-state index is -0.222. The minimum Gasteiger partial charge on any atom is -0.312 e. The number of aryl methyl sites for hydroxylation is 1. The van der Waals surface area contributed by atoms with Crippen molar-refractivity contribution >= 4 is 49.1 Å². The SMILES string of the molecule is CCC(C)(C)C1CCc2c(sc(NC(=O)c3cc(-c4cccc(C)c4)nc4ccc(Br)cc34)c2C#N)C1. The van der Waals surface area contributed by atoms with Gasteiger partial charge in [0.2, 0.25) is 0 Å². The number of halogens is 1. The highest BCUT2D eigenvalue weighted by Gasteiger charge is 2.34. The van der Waals surface area contributed by atoms with E-state index in [2.05, 4.69) is 54.2 Å². The lowest BCUT2D eigenvalue weighted by atomic mass is 9.69. The molecule has 5 rings (SSSR count). The second kappa shape index (κ2) is 10.0. The molecule has 37 heavy (non-hydrogen) atoms. The van der Waals surface area contributed by atoms with Crippen LogP contribution >= 0.6 is 27.3 Å². The average molecular weight is 573 g/mol. The van der Waals surface area contributed by atoms with Crippen molar-refractivity contribution in [1.82, 2.24) is 4.98 Å². The fourth-order valence-electron chi connectivity index (χ4n) is 5.26. The fraction of sp³-hybridized carbons (Fsp3) is 0.323. The summed E-state index contributed by atoms with van der Waals surface area (Å²) in [5.74, 6) is 0.358. The van der Waals surface area contributed by atoms with Crippen LogP contribution in [0.1, 0.15) is 65.5 Å². The maximum atomic E-state index is 13.8. The maximum Gasteiger partial charge on any atom is 0.257 e. The summed E-state index contributed by atoms with van der Waals surface area (Å²) in [5.41, 5.74) is 6.15. The molecule has 0 fully saturated rings. The van der Waals surface area contributed by atoms with E-state index in [1.807, 2.05) is 49.4 Å². The molecule has 2 aromatic carbocycles. The molecule has 0 spiro atoms. The number of rotatable bonds is 5. The number of hydrogen-bond acceptors (Lipinski definition) is 4. The van der Waals surface area contributed by atoms with Gasteiger partial charge in [0.05, 0.1) is 22.3 Å². The third-order valence-electron chi connectivity index (χ3n) is 7.95. The molecule has 4 aromatic rings. The normalized spacial score (nSPS) is 15.3. The molecule has 0 aliphatic heterocycles. The number of fused-ring (bicyclic) bond motifs is 2. The molecule has 0 bridgehead atoms. The largest absolute Gasteiger partial charge is 0.312 e. The number of amides is 1. The Kier molecular flexibility index (Phi) is 6.95. The van der Waals surface area contributed by atoms with E-state index in [4.69, 9.17) is 4.98 Å². The second-order valence-corrected chi connectivity index (χ2v) is 12.7. The van der Waals surface area contributed by atoms with Gasteiger partial charge < -0.3 is 5.32 Å². The van der Waals surface area contributed by atoms with Crippen LogP contribution in [0, 0.1) is 29.6 Å². The molecule has 6 heteroatoms. The zero-order chi connectivity index (χ0) is 26.3. The summed E-state index contributed by atoms with van der Waals surface area (Å²) in [4.78, 5) is 19.9. The molecule has 1 N–H and O–H groups in total. The van der Waals surface area contributed by atoms with Gasteiger partial charge in [0, 0.05) is 20.3 Å². The van der Waals surface area contributed by atoms with Crippen molar-refractivity contribution in [2.75, 3.05) is 5.32 Å². The van der Waals surface area contributed by atoms with Gasteiger partial charge in [-0.25, -0.2) is 4.98 Å². The van der Waals surface area contributed by atoms with Crippen molar-refractivity contribution in [2.45, 2.75) is 53.4 Å². The van der Waals surface area contributed by atoms with E-state index in [0.717, 1.165) is 63.4 Å². The van der Waals surface area contributed by atoms with Gasteiger partial charge in [-0.2, -0.15) is 5.26 Å². The minimum absolute atomic E-state index is 0.222. The number of anilines is 1. The quantitative estimate of drug-likeness (QED) is 0.260. The van der Waals surface area contributed by atoms with Gasteiger partial charge in [0.1, 0.15) is 11.1 Å². The third-order valence-corrected chi connectivity index (χ3v) is 9.61. The predicted molar refractivity (Wildman–Crippen MR) is 156 cm³/mol. The highest BCUT2D eigenvalue weighted by Crippen LogP contribution is 2.45. The summed E-state index contributed by atoms with van der Waals surface area (Å²) in [5, 5.41) is 14.6. The Balaban J connectivity index is 1.54. The molecule has 2 aromatic heterocycles. The van der Waals surface area contributed by atoms with E-state index in [9.17, 15) is 10.1 Å². The van der Waals surface area contributed by atoms with Gasteiger partial charge in [0.15, 0.2) is 0 Å². The average Bonchev–Trinajstić information content (AvgIpc) is 3.24. The van der Waals surface area contributed by atoms with Crippen molar-refractivity contribution in [2.24, 2.45) is 11.3 Å². The van der Waals surface area contributed by atoms with Gasteiger partial charge in [-0.3, -0.25) is 4.79 Å². The molecule has 2 heterocycles. The standard InChI is InChI=1S/C31H30BrN3OS/c1-5-31(3,4)20-9-11-22-25(17-33)30(37-28(22)14-20)35-29(36)24-16-27(19-8-6-7-18(2)13-19)34-26-12-10-21(32)15-23(24)26/h6-8,10,12-13,15-16,20H,5,9,11,14H2,1-4H3,(H,35,36). The van der Waals surface area contributed by atoms with E-state index in [1.54, 1.807) is 11.3 Å². The van der Waals surface area contributed by atoms with Gasteiger partial charge in [0.25, 0.3) is 5.91 Å². The summed E-state index contributed by atoms with van der Waals surface area (Å²) in [6.07, 6.45) is 4.06. The Labute approximate surface area is 230 Å². The van der Waals surface area contributed by atoms with Gasteiger partial charge in [-0.1, -0.05) is 66.9 Å². The lowest BCUT2D eigenvalue weighted by Crippen LogP contribution is -2.28. The second-order valence-electron chi connectivity index (χ2n) is 10.6. The molecule has 0 saturated heterocycles. The Bertz CT molecular complexity index is 1560. The Hall–Kier alpha value is -3.01. The highest BCUT2D eigenvalue weighted by atomic mass is 79.9. The van der Waals surface area contributed by atoms with Crippen molar-refractivity contribution in [3.05, 3.63) is 80.1 Å². The monoisotopic (exact) mass is 571 g/mol. The van der Waals surface area contributed by atoms with Gasteiger partial charge >= 0.3 is 0 Å². The lowest BCUT2D eigenvalue weighted by Gasteiger charge is -2.36. The summed E-state index contributed by atoms with van der Waals surface area (Å²) < 4.78 is 0.882. The molecular weight excluding hydrogens is 542 g/mol. The van der Waals surface area contributed by atoms with Crippen LogP contribution in [0.3, 0.4) is 0 Å². The summed E-state index contributed by atoms with van der Waals surface area (Å²) >= 11 is 5.12. The Morgan fingerprint density at radius 3 is 2.78 bits per heavy atom. The summed E-state index contributed by atoms with van der Waals surface area (Å²) in [7, 11) is 0. The first-order chi connectivity index (χ1) is 17.7. The molecular formula is C31H30BrN3OS. The molecule has 0 saturated carbocycles. The molecule has 1 aliphatic carbocycles. The zero-order valence-corrected chi connectivity index (χ0v) is 24.0. The molecule has 1 unspecified atom stereocenters. The molecule has 1 amide bonds. The number of carbonyl (C=O) groups excluding carboxylic acids is 1. The van der Waals surface area contributed by atoms with Crippen molar-refractivity contribution in [3.8, 4) is 17.3 Å². The van der Waals surface area contributed by atoms with E-state index >= 15 is 0 Å².